The summed E-state index contributed by atoms with van der Waals surface area (Å²) in [6.07, 6.45) is 2.02. The Balaban J connectivity index is 1.86. The number of nitrogens with one attached hydrogen (secondary N) is 1. The molecule has 3 rings (SSSR count). The highest BCUT2D eigenvalue weighted by atomic mass is 32.1. The van der Waals surface area contributed by atoms with E-state index in [1.54, 1.807) is 11.7 Å². The number of amides is 1. The van der Waals surface area contributed by atoms with E-state index in [-0.39, 0.29) is 12.0 Å². The van der Waals surface area contributed by atoms with E-state index in [0.717, 1.165) is 23.1 Å². The SMILES string of the molecule is CCC(CC)Oc1ccc2c(NC(=O)c3ccc(C)s3)nn(C)c2n1. The molecule has 1 N–H and O–H groups in total. The Kier molecular flexibility index (Phi) is 5.03. The molecule has 3 heterocycles. The van der Waals surface area contributed by atoms with Crippen molar-refractivity contribution >= 4 is 34.1 Å². The van der Waals surface area contributed by atoms with Crippen molar-refractivity contribution in [2.75, 3.05) is 5.32 Å². The second kappa shape index (κ2) is 7.23. The third-order valence-electron chi connectivity index (χ3n) is 4.06. The second-order valence-corrected chi connectivity index (χ2v) is 7.20. The lowest BCUT2D eigenvalue weighted by atomic mass is 10.2. The van der Waals surface area contributed by atoms with E-state index in [9.17, 15) is 4.79 Å². The van der Waals surface area contributed by atoms with Crippen molar-refractivity contribution in [3.63, 3.8) is 0 Å². The average molecular weight is 358 g/mol. The molecule has 0 spiro atoms. The van der Waals surface area contributed by atoms with Gasteiger partial charge >= 0.3 is 0 Å². The van der Waals surface area contributed by atoms with Gasteiger partial charge in [0.25, 0.3) is 5.91 Å². The molecule has 0 radical (unpaired) electrons. The Labute approximate surface area is 150 Å². The number of aromatic nitrogens is 3. The van der Waals surface area contributed by atoms with Crippen molar-refractivity contribution in [3.8, 4) is 5.88 Å². The Hall–Kier alpha value is -2.41. The molecule has 6 nitrogen and oxygen atoms in total. The number of carbonyl (C=O) groups excluding carboxylic acids is 1. The molecule has 0 aromatic carbocycles. The van der Waals surface area contributed by atoms with Crippen LogP contribution in [0.3, 0.4) is 0 Å². The molecular weight excluding hydrogens is 336 g/mol. The highest BCUT2D eigenvalue weighted by molar-refractivity contribution is 7.14. The van der Waals surface area contributed by atoms with Crippen LogP contribution >= 0.6 is 11.3 Å². The summed E-state index contributed by atoms with van der Waals surface area (Å²) in [5, 5.41) is 8.06. The molecule has 132 valence electrons. The number of hydrogen-bond acceptors (Lipinski definition) is 5. The van der Waals surface area contributed by atoms with Crippen LogP contribution in [0.1, 0.15) is 41.2 Å². The van der Waals surface area contributed by atoms with Gasteiger partial charge in [0.05, 0.1) is 16.4 Å². The van der Waals surface area contributed by atoms with Crippen molar-refractivity contribution in [2.45, 2.75) is 39.7 Å². The maximum absolute atomic E-state index is 12.4. The van der Waals surface area contributed by atoms with Crippen LogP contribution in [-0.4, -0.2) is 26.8 Å². The number of aryl methyl sites for hydroxylation is 2. The van der Waals surface area contributed by atoms with Gasteiger partial charge in [0, 0.05) is 18.0 Å². The third-order valence-corrected chi connectivity index (χ3v) is 5.05. The first-order chi connectivity index (χ1) is 12.0. The average Bonchev–Trinajstić information content (AvgIpc) is 3.17. The minimum Gasteiger partial charge on any atom is -0.474 e. The number of rotatable bonds is 6. The molecule has 3 aromatic heterocycles. The molecular formula is C18H22N4O2S. The number of anilines is 1. The summed E-state index contributed by atoms with van der Waals surface area (Å²) in [6, 6.07) is 7.47. The maximum Gasteiger partial charge on any atom is 0.266 e. The summed E-state index contributed by atoms with van der Waals surface area (Å²) >= 11 is 1.46. The summed E-state index contributed by atoms with van der Waals surface area (Å²) in [4.78, 5) is 18.7. The van der Waals surface area contributed by atoms with Crippen molar-refractivity contribution < 1.29 is 9.53 Å². The highest BCUT2D eigenvalue weighted by Gasteiger charge is 2.16. The monoisotopic (exact) mass is 358 g/mol. The molecule has 0 aliphatic heterocycles. The number of nitrogens with zero attached hydrogens (tertiary/aromatic N) is 3. The first-order valence-corrected chi connectivity index (χ1v) is 9.21. The fourth-order valence-electron chi connectivity index (χ4n) is 2.62. The summed E-state index contributed by atoms with van der Waals surface area (Å²) < 4.78 is 7.56. The third kappa shape index (κ3) is 3.66. The van der Waals surface area contributed by atoms with Crippen LogP contribution in [0.2, 0.25) is 0 Å². The van der Waals surface area contributed by atoms with Gasteiger partial charge < -0.3 is 10.1 Å². The van der Waals surface area contributed by atoms with E-state index in [1.165, 1.54) is 11.3 Å². The minimum atomic E-state index is -0.157. The van der Waals surface area contributed by atoms with Crippen molar-refractivity contribution in [1.29, 1.82) is 0 Å². The van der Waals surface area contributed by atoms with E-state index in [4.69, 9.17) is 4.74 Å². The van der Waals surface area contributed by atoms with E-state index < -0.39 is 0 Å². The molecule has 3 aromatic rings. The number of ether oxygens (including phenoxy) is 1. The first-order valence-electron chi connectivity index (χ1n) is 8.40. The summed E-state index contributed by atoms with van der Waals surface area (Å²) in [5.74, 6) is 0.932. The van der Waals surface area contributed by atoms with E-state index in [2.05, 4.69) is 29.2 Å². The van der Waals surface area contributed by atoms with Gasteiger partial charge in [-0.15, -0.1) is 11.3 Å². The number of carbonyl (C=O) groups is 1. The Bertz CT molecular complexity index is 896. The molecule has 0 unspecified atom stereocenters. The van der Waals surface area contributed by atoms with Crippen molar-refractivity contribution in [1.82, 2.24) is 14.8 Å². The van der Waals surface area contributed by atoms with Crippen molar-refractivity contribution in [2.24, 2.45) is 7.05 Å². The largest absolute Gasteiger partial charge is 0.474 e. The van der Waals surface area contributed by atoms with Gasteiger partial charge in [0.2, 0.25) is 5.88 Å². The molecule has 0 aliphatic rings. The maximum atomic E-state index is 12.4. The summed E-state index contributed by atoms with van der Waals surface area (Å²) in [6.45, 7) is 6.16. The molecule has 1 amide bonds. The zero-order valence-corrected chi connectivity index (χ0v) is 15.7. The number of fused-ring (bicyclic) bond motifs is 1. The molecule has 0 fully saturated rings. The fourth-order valence-corrected chi connectivity index (χ4v) is 3.39. The van der Waals surface area contributed by atoms with Gasteiger partial charge in [0.15, 0.2) is 11.5 Å². The normalized spacial score (nSPS) is 11.2. The van der Waals surface area contributed by atoms with Crippen LogP contribution in [0, 0.1) is 6.92 Å². The molecule has 0 atom stereocenters. The molecule has 0 saturated carbocycles. The lowest BCUT2D eigenvalue weighted by Gasteiger charge is -2.14. The number of hydrogen-bond donors (Lipinski definition) is 1. The van der Waals surface area contributed by atoms with Gasteiger partial charge in [0.1, 0.15) is 0 Å². The zero-order chi connectivity index (χ0) is 18.0. The smallest absolute Gasteiger partial charge is 0.266 e. The fraction of sp³-hybridized carbons (Fsp3) is 0.389. The molecule has 0 bridgehead atoms. The summed E-state index contributed by atoms with van der Waals surface area (Å²) in [7, 11) is 1.81. The van der Waals surface area contributed by atoms with Crippen LogP contribution in [-0.2, 0) is 7.05 Å². The number of thiophene rings is 1. The quantitative estimate of drug-likeness (QED) is 0.718. The number of pyridine rings is 1. The van der Waals surface area contributed by atoms with Crippen LogP contribution in [0.4, 0.5) is 5.82 Å². The van der Waals surface area contributed by atoms with Gasteiger partial charge in [-0.25, -0.2) is 4.68 Å². The van der Waals surface area contributed by atoms with Crippen LogP contribution in [0.5, 0.6) is 5.88 Å². The first kappa shape index (κ1) is 17.4. The van der Waals surface area contributed by atoms with Crippen LogP contribution in [0.25, 0.3) is 11.0 Å². The van der Waals surface area contributed by atoms with Gasteiger partial charge in [-0.3, -0.25) is 4.79 Å². The Morgan fingerprint density at radius 1 is 1.28 bits per heavy atom. The standard InChI is InChI=1S/C18H22N4O2S/c1-5-12(6-2)24-15-10-8-13-16(21-22(4)17(13)19-15)20-18(23)14-9-7-11(3)25-14/h7-10,12H,5-6H2,1-4H3,(H,20,21,23). The predicted octanol–water partition coefficient (Wildman–Crippen LogP) is 4.16. The minimum absolute atomic E-state index is 0.152. The Morgan fingerprint density at radius 2 is 2.04 bits per heavy atom. The van der Waals surface area contributed by atoms with Gasteiger partial charge in [-0.2, -0.15) is 10.1 Å². The van der Waals surface area contributed by atoms with Gasteiger partial charge in [-0.1, -0.05) is 13.8 Å². The van der Waals surface area contributed by atoms with Crippen molar-refractivity contribution in [3.05, 3.63) is 34.0 Å². The van der Waals surface area contributed by atoms with E-state index >= 15 is 0 Å². The van der Waals surface area contributed by atoms with E-state index in [0.29, 0.717) is 22.2 Å². The second-order valence-electron chi connectivity index (χ2n) is 5.91. The Morgan fingerprint density at radius 3 is 2.68 bits per heavy atom. The van der Waals surface area contributed by atoms with Gasteiger partial charge in [-0.05, 0) is 38.0 Å². The molecule has 0 saturated heterocycles. The highest BCUT2D eigenvalue weighted by Crippen LogP contribution is 2.25. The molecule has 25 heavy (non-hydrogen) atoms. The summed E-state index contributed by atoms with van der Waals surface area (Å²) in [5.41, 5.74) is 0.682. The van der Waals surface area contributed by atoms with Crippen LogP contribution in [0.15, 0.2) is 24.3 Å². The van der Waals surface area contributed by atoms with Crippen LogP contribution < -0.4 is 10.1 Å². The van der Waals surface area contributed by atoms with E-state index in [1.807, 2.05) is 31.2 Å². The predicted molar refractivity (Wildman–Crippen MR) is 101 cm³/mol. The molecule has 0 aliphatic carbocycles. The lowest BCUT2D eigenvalue weighted by Crippen LogP contribution is -2.14. The molecule has 7 heteroatoms. The lowest BCUT2D eigenvalue weighted by molar-refractivity contribution is 0.103. The zero-order valence-electron chi connectivity index (χ0n) is 14.9. The topological polar surface area (TPSA) is 69.0 Å².